The van der Waals surface area contributed by atoms with Crippen LogP contribution in [0.2, 0.25) is 0 Å². The largest absolute Gasteiger partial charge is 0.321 e. The van der Waals surface area contributed by atoms with Crippen molar-refractivity contribution in [2.24, 2.45) is 18.7 Å². The lowest BCUT2D eigenvalue weighted by Gasteiger charge is -2.48. The minimum absolute atomic E-state index is 0.0303. The normalized spacial score (nSPS) is 30.7. The first kappa shape index (κ1) is 13.6. The van der Waals surface area contributed by atoms with E-state index in [1.165, 1.54) is 25.7 Å². The molecule has 102 valence electrons. The van der Waals surface area contributed by atoms with Crippen LogP contribution in [-0.2, 0) is 7.05 Å². The molecule has 0 aromatic carbocycles. The molecule has 4 heteroatoms. The summed E-state index contributed by atoms with van der Waals surface area (Å²) in [6.07, 6.45) is 6.78. The number of rotatable bonds is 3. The molecule has 1 heterocycles. The number of hydrogen-bond acceptors (Lipinski definition) is 3. The van der Waals surface area contributed by atoms with Gasteiger partial charge in [0, 0.05) is 18.8 Å². The molecule has 0 bridgehead atoms. The topological polar surface area (TPSA) is 47.1 Å². The second-order valence-electron chi connectivity index (χ2n) is 6.06. The Kier molecular flexibility index (Phi) is 3.78. The maximum atomic E-state index is 6.61. The third-order valence-corrected chi connectivity index (χ3v) is 4.66. The summed E-state index contributed by atoms with van der Waals surface area (Å²) in [6, 6.07) is 2.08. The molecule has 1 aromatic heterocycles. The summed E-state index contributed by atoms with van der Waals surface area (Å²) in [5.41, 5.74) is 7.82. The Morgan fingerprint density at radius 2 is 2.28 bits per heavy atom. The molecule has 1 aliphatic rings. The summed E-state index contributed by atoms with van der Waals surface area (Å²) in [4.78, 5) is 2.33. The Morgan fingerprint density at radius 3 is 2.78 bits per heavy atom. The summed E-state index contributed by atoms with van der Waals surface area (Å²) in [6.45, 7) is 2.34. The minimum atomic E-state index is 0.0303. The van der Waals surface area contributed by atoms with E-state index in [2.05, 4.69) is 37.1 Å². The lowest BCUT2D eigenvalue weighted by molar-refractivity contribution is 0.0475. The van der Waals surface area contributed by atoms with E-state index in [9.17, 15) is 0 Å². The van der Waals surface area contributed by atoms with E-state index in [0.717, 1.165) is 11.6 Å². The number of hydrogen-bond donors (Lipinski definition) is 1. The van der Waals surface area contributed by atoms with Gasteiger partial charge in [-0.05, 0) is 38.9 Å². The van der Waals surface area contributed by atoms with Crippen LogP contribution in [0, 0.1) is 5.92 Å². The predicted octanol–water partition coefficient (Wildman–Crippen LogP) is 1.93. The number of aromatic nitrogens is 2. The minimum Gasteiger partial charge on any atom is -0.321 e. The van der Waals surface area contributed by atoms with Gasteiger partial charge in [0.1, 0.15) is 0 Å². The van der Waals surface area contributed by atoms with E-state index in [1.807, 2.05) is 17.9 Å². The molecule has 2 N–H and O–H groups in total. The van der Waals surface area contributed by atoms with Gasteiger partial charge in [-0.1, -0.05) is 19.8 Å². The summed E-state index contributed by atoms with van der Waals surface area (Å²) in [5, 5.41) is 4.26. The van der Waals surface area contributed by atoms with Gasteiger partial charge in [0.15, 0.2) is 0 Å². The van der Waals surface area contributed by atoms with Crippen molar-refractivity contribution in [1.82, 2.24) is 14.7 Å². The van der Waals surface area contributed by atoms with Gasteiger partial charge in [-0.2, -0.15) is 5.10 Å². The number of nitrogens with zero attached hydrogens (tertiary/aromatic N) is 3. The molecule has 1 aliphatic carbocycles. The van der Waals surface area contributed by atoms with Crippen molar-refractivity contribution in [3.63, 3.8) is 0 Å². The second-order valence-corrected chi connectivity index (χ2v) is 6.06. The average molecular weight is 250 g/mol. The lowest BCUT2D eigenvalue weighted by atomic mass is 9.70. The van der Waals surface area contributed by atoms with Gasteiger partial charge >= 0.3 is 0 Å². The van der Waals surface area contributed by atoms with Gasteiger partial charge in [-0.3, -0.25) is 4.68 Å². The van der Waals surface area contributed by atoms with E-state index in [1.54, 1.807) is 0 Å². The zero-order valence-corrected chi connectivity index (χ0v) is 12.1. The Morgan fingerprint density at radius 1 is 1.56 bits per heavy atom. The SMILES string of the molecule is CC1CCCC(C(N)c2ccnn2C)(N(C)C)C1. The fraction of sp³-hybridized carbons (Fsp3) is 0.786. The van der Waals surface area contributed by atoms with Crippen molar-refractivity contribution in [2.45, 2.75) is 44.2 Å². The molecule has 0 aliphatic heterocycles. The second kappa shape index (κ2) is 5.02. The highest BCUT2D eigenvalue weighted by Crippen LogP contribution is 2.42. The third kappa shape index (κ3) is 2.19. The maximum absolute atomic E-state index is 6.61. The summed E-state index contributed by atoms with van der Waals surface area (Å²) < 4.78 is 1.91. The molecule has 0 radical (unpaired) electrons. The quantitative estimate of drug-likeness (QED) is 0.891. The molecular formula is C14H26N4. The Balaban J connectivity index is 2.33. The standard InChI is InChI=1S/C14H26N4/c1-11-6-5-8-14(10-11,17(2)3)13(15)12-7-9-16-18(12)4/h7,9,11,13H,5-6,8,10,15H2,1-4H3. The smallest absolute Gasteiger partial charge is 0.0653 e. The van der Waals surface area contributed by atoms with Crippen LogP contribution in [0.3, 0.4) is 0 Å². The van der Waals surface area contributed by atoms with Gasteiger partial charge < -0.3 is 10.6 Å². The molecule has 3 unspecified atom stereocenters. The van der Waals surface area contributed by atoms with E-state index in [-0.39, 0.29) is 11.6 Å². The Labute approximate surface area is 110 Å². The van der Waals surface area contributed by atoms with Crippen LogP contribution in [0.1, 0.15) is 44.3 Å². The van der Waals surface area contributed by atoms with E-state index in [0.29, 0.717) is 0 Å². The first-order chi connectivity index (χ1) is 8.47. The highest BCUT2D eigenvalue weighted by molar-refractivity contribution is 5.15. The van der Waals surface area contributed by atoms with Crippen LogP contribution in [0.25, 0.3) is 0 Å². The molecular weight excluding hydrogens is 224 g/mol. The van der Waals surface area contributed by atoms with Crippen LogP contribution in [0.5, 0.6) is 0 Å². The van der Waals surface area contributed by atoms with E-state index in [4.69, 9.17) is 5.73 Å². The van der Waals surface area contributed by atoms with Gasteiger partial charge in [0.05, 0.1) is 11.7 Å². The highest BCUT2D eigenvalue weighted by atomic mass is 15.3. The molecule has 3 atom stereocenters. The van der Waals surface area contributed by atoms with Crippen molar-refractivity contribution in [2.75, 3.05) is 14.1 Å². The molecule has 1 aromatic rings. The van der Waals surface area contributed by atoms with Crippen molar-refractivity contribution >= 4 is 0 Å². The molecule has 2 rings (SSSR count). The first-order valence-electron chi connectivity index (χ1n) is 6.88. The van der Waals surface area contributed by atoms with Crippen molar-refractivity contribution < 1.29 is 0 Å². The number of aryl methyl sites for hydroxylation is 1. The fourth-order valence-electron chi connectivity index (χ4n) is 3.50. The summed E-state index contributed by atoms with van der Waals surface area (Å²) >= 11 is 0. The van der Waals surface area contributed by atoms with Gasteiger partial charge in [-0.15, -0.1) is 0 Å². The zero-order chi connectivity index (χ0) is 13.3. The highest BCUT2D eigenvalue weighted by Gasteiger charge is 2.43. The van der Waals surface area contributed by atoms with Crippen LogP contribution in [0.15, 0.2) is 12.3 Å². The average Bonchev–Trinajstić information content (AvgIpc) is 2.74. The van der Waals surface area contributed by atoms with Crippen LogP contribution >= 0.6 is 0 Å². The van der Waals surface area contributed by atoms with E-state index >= 15 is 0 Å². The van der Waals surface area contributed by atoms with Crippen molar-refractivity contribution in [1.29, 1.82) is 0 Å². The van der Waals surface area contributed by atoms with E-state index < -0.39 is 0 Å². The molecule has 1 saturated carbocycles. The summed E-state index contributed by atoms with van der Waals surface area (Å²) in [5.74, 6) is 0.750. The number of likely N-dealkylation sites (N-methyl/N-ethyl adjacent to an activating group) is 1. The molecule has 18 heavy (non-hydrogen) atoms. The molecule has 4 nitrogen and oxygen atoms in total. The first-order valence-corrected chi connectivity index (χ1v) is 6.88. The zero-order valence-electron chi connectivity index (χ0n) is 12.1. The molecule has 0 saturated heterocycles. The van der Waals surface area contributed by atoms with Gasteiger partial charge in [-0.25, -0.2) is 0 Å². The maximum Gasteiger partial charge on any atom is 0.0653 e. The lowest BCUT2D eigenvalue weighted by Crippen LogP contribution is -2.55. The van der Waals surface area contributed by atoms with Gasteiger partial charge in [0.2, 0.25) is 0 Å². The summed E-state index contributed by atoms with van der Waals surface area (Å²) in [7, 11) is 6.30. The predicted molar refractivity (Wildman–Crippen MR) is 74.2 cm³/mol. The molecule has 0 spiro atoms. The molecule has 0 amide bonds. The Hall–Kier alpha value is -0.870. The monoisotopic (exact) mass is 250 g/mol. The van der Waals surface area contributed by atoms with Crippen LogP contribution in [-0.4, -0.2) is 34.3 Å². The Bertz CT molecular complexity index is 398. The number of nitrogens with two attached hydrogens (primary N) is 1. The molecule has 1 fully saturated rings. The van der Waals surface area contributed by atoms with Crippen molar-refractivity contribution in [3.8, 4) is 0 Å². The third-order valence-electron chi connectivity index (χ3n) is 4.66. The van der Waals surface area contributed by atoms with Gasteiger partial charge in [0.25, 0.3) is 0 Å². The fourth-order valence-corrected chi connectivity index (χ4v) is 3.50. The van der Waals surface area contributed by atoms with Crippen molar-refractivity contribution in [3.05, 3.63) is 18.0 Å². The van der Waals surface area contributed by atoms with Crippen LogP contribution < -0.4 is 5.73 Å². The van der Waals surface area contributed by atoms with Crippen LogP contribution in [0.4, 0.5) is 0 Å².